The van der Waals surface area contributed by atoms with Crippen LogP contribution in [0.4, 0.5) is 5.69 Å². The molecule has 0 aliphatic rings. The third-order valence-corrected chi connectivity index (χ3v) is 3.58. The molecule has 19 heavy (non-hydrogen) atoms. The Morgan fingerprint density at radius 1 is 1.05 bits per heavy atom. The summed E-state index contributed by atoms with van der Waals surface area (Å²) in [5, 5.41) is 0. The van der Waals surface area contributed by atoms with Crippen LogP contribution in [0.3, 0.4) is 0 Å². The third kappa shape index (κ3) is 3.29. The van der Waals surface area contributed by atoms with E-state index in [-0.39, 0.29) is 0 Å². The third-order valence-electron chi connectivity index (χ3n) is 3.08. The van der Waals surface area contributed by atoms with Crippen molar-refractivity contribution in [3.05, 3.63) is 57.1 Å². The second kappa shape index (κ2) is 5.66. The highest BCUT2D eigenvalue weighted by Gasteiger charge is 2.07. The van der Waals surface area contributed by atoms with E-state index in [9.17, 15) is 0 Å². The number of halogens is 1. The Balaban J connectivity index is 2.19. The minimum absolute atomic E-state index is 0.490. The number of benzene rings is 2. The molecule has 0 saturated carbocycles. The maximum atomic E-state index is 5.98. The van der Waals surface area contributed by atoms with E-state index in [2.05, 4.69) is 48.8 Å². The number of aryl methyl sites for hydroxylation is 3. The van der Waals surface area contributed by atoms with E-state index < -0.39 is 0 Å². The Bertz CT molecular complexity index is 585. The molecule has 0 bridgehead atoms. The Labute approximate surface area is 122 Å². The lowest BCUT2D eigenvalue weighted by atomic mass is 10.1. The van der Waals surface area contributed by atoms with E-state index in [1.165, 1.54) is 5.56 Å². The maximum Gasteiger partial charge on any atom is 0.125 e. The number of hydrogen-bond acceptors (Lipinski definition) is 2. The quantitative estimate of drug-likeness (QED) is 0.843. The van der Waals surface area contributed by atoms with E-state index in [0.29, 0.717) is 6.61 Å². The first kappa shape index (κ1) is 13.9. The topological polar surface area (TPSA) is 35.2 Å². The van der Waals surface area contributed by atoms with Gasteiger partial charge < -0.3 is 10.5 Å². The first-order valence-electron chi connectivity index (χ1n) is 6.22. The molecule has 2 aromatic carbocycles. The van der Waals surface area contributed by atoms with Gasteiger partial charge in [0, 0.05) is 15.7 Å². The average molecular weight is 320 g/mol. The van der Waals surface area contributed by atoms with Crippen LogP contribution in [0.2, 0.25) is 0 Å². The van der Waals surface area contributed by atoms with Crippen molar-refractivity contribution in [1.82, 2.24) is 0 Å². The summed E-state index contributed by atoms with van der Waals surface area (Å²) in [7, 11) is 0. The Hall–Kier alpha value is -1.48. The van der Waals surface area contributed by atoms with Crippen molar-refractivity contribution >= 4 is 21.6 Å². The summed E-state index contributed by atoms with van der Waals surface area (Å²) >= 11 is 3.40. The molecule has 0 aliphatic carbocycles. The maximum absolute atomic E-state index is 5.98. The van der Waals surface area contributed by atoms with Crippen LogP contribution < -0.4 is 10.5 Å². The number of anilines is 1. The molecule has 0 saturated heterocycles. The van der Waals surface area contributed by atoms with Gasteiger partial charge in [-0.25, -0.2) is 0 Å². The van der Waals surface area contributed by atoms with E-state index in [1.807, 2.05) is 18.2 Å². The predicted octanol–water partition coefficient (Wildman–Crippen LogP) is 4.54. The molecule has 0 radical (unpaired) electrons. The molecule has 3 heteroatoms. The van der Waals surface area contributed by atoms with Crippen molar-refractivity contribution in [2.75, 3.05) is 5.73 Å². The summed E-state index contributed by atoms with van der Waals surface area (Å²) in [5.41, 5.74) is 11.3. The molecular formula is C16H18BrNO. The highest BCUT2D eigenvalue weighted by molar-refractivity contribution is 9.10. The van der Waals surface area contributed by atoms with Crippen molar-refractivity contribution in [2.24, 2.45) is 0 Å². The monoisotopic (exact) mass is 319 g/mol. The Kier molecular flexibility index (Phi) is 4.15. The number of rotatable bonds is 3. The van der Waals surface area contributed by atoms with Crippen molar-refractivity contribution < 1.29 is 4.74 Å². The standard InChI is InChI=1S/C16H18BrNO/c1-10-6-11(2)16(12(3)7-10)19-9-13-4-5-14(17)8-15(13)18/h4-8H,9,18H2,1-3H3. The second-order valence-electron chi connectivity index (χ2n) is 4.86. The predicted molar refractivity (Wildman–Crippen MR) is 83.5 cm³/mol. The number of nitrogens with two attached hydrogens (primary N) is 1. The summed E-state index contributed by atoms with van der Waals surface area (Å²) in [4.78, 5) is 0. The molecule has 0 amide bonds. The highest BCUT2D eigenvalue weighted by Crippen LogP contribution is 2.26. The van der Waals surface area contributed by atoms with E-state index in [4.69, 9.17) is 10.5 Å². The molecule has 2 N–H and O–H groups in total. The summed E-state index contributed by atoms with van der Waals surface area (Å²) in [6.45, 7) is 6.72. The van der Waals surface area contributed by atoms with Gasteiger partial charge in [-0.1, -0.05) is 39.7 Å². The van der Waals surface area contributed by atoms with Gasteiger partial charge in [-0.2, -0.15) is 0 Å². The van der Waals surface area contributed by atoms with Gasteiger partial charge in [-0.3, -0.25) is 0 Å². The molecule has 2 rings (SSSR count). The van der Waals surface area contributed by atoms with Gasteiger partial charge in [0.2, 0.25) is 0 Å². The van der Waals surface area contributed by atoms with Gasteiger partial charge >= 0.3 is 0 Å². The molecule has 0 heterocycles. The zero-order chi connectivity index (χ0) is 14.0. The highest BCUT2D eigenvalue weighted by atomic mass is 79.9. The Morgan fingerprint density at radius 2 is 1.68 bits per heavy atom. The number of ether oxygens (including phenoxy) is 1. The summed E-state index contributed by atoms with van der Waals surface area (Å²) < 4.78 is 6.92. The zero-order valence-electron chi connectivity index (χ0n) is 11.5. The van der Waals surface area contributed by atoms with Crippen molar-refractivity contribution in [1.29, 1.82) is 0 Å². The average Bonchev–Trinajstić information content (AvgIpc) is 2.30. The first-order chi connectivity index (χ1) is 8.97. The normalized spacial score (nSPS) is 10.5. The molecule has 2 aromatic rings. The van der Waals surface area contributed by atoms with Gasteiger partial charge in [-0.15, -0.1) is 0 Å². The van der Waals surface area contributed by atoms with Crippen molar-refractivity contribution in [3.63, 3.8) is 0 Å². The molecule has 0 unspecified atom stereocenters. The zero-order valence-corrected chi connectivity index (χ0v) is 13.0. The largest absolute Gasteiger partial charge is 0.488 e. The minimum Gasteiger partial charge on any atom is -0.488 e. The summed E-state index contributed by atoms with van der Waals surface area (Å²) in [5.74, 6) is 0.952. The molecule has 0 fully saturated rings. The van der Waals surface area contributed by atoms with Crippen LogP contribution in [-0.4, -0.2) is 0 Å². The van der Waals surface area contributed by atoms with Crippen LogP contribution in [0.25, 0.3) is 0 Å². The van der Waals surface area contributed by atoms with Gasteiger partial charge in [0.25, 0.3) is 0 Å². The second-order valence-corrected chi connectivity index (χ2v) is 5.78. The SMILES string of the molecule is Cc1cc(C)c(OCc2ccc(Br)cc2N)c(C)c1. The number of hydrogen-bond donors (Lipinski definition) is 1. The van der Waals surface area contributed by atoms with Gasteiger partial charge in [0.05, 0.1) is 0 Å². The van der Waals surface area contributed by atoms with Crippen LogP contribution in [0.1, 0.15) is 22.3 Å². The van der Waals surface area contributed by atoms with E-state index >= 15 is 0 Å². The fourth-order valence-corrected chi connectivity index (χ4v) is 2.62. The van der Waals surface area contributed by atoms with E-state index in [0.717, 1.165) is 32.6 Å². The lowest BCUT2D eigenvalue weighted by Gasteiger charge is -2.14. The van der Waals surface area contributed by atoms with Crippen LogP contribution in [0.5, 0.6) is 5.75 Å². The van der Waals surface area contributed by atoms with Crippen molar-refractivity contribution in [2.45, 2.75) is 27.4 Å². The van der Waals surface area contributed by atoms with Crippen LogP contribution in [0, 0.1) is 20.8 Å². The molecule has 0 aromatic heterocycles. The lowest BCUT2D eigenvalue weighted by molar-refractivity contribution is 0.302. The van der Waals surface area contributed by atoms with E-state index in [1.54, 1.807) is 0 Å². The smallest absolute Gasteiger partial charge is 0.125 e. The van der Waals surface area contributed by atoms with Crippen molar-refractivity contribution in [3.8, 4) is 5.75 Å². The summed E-state index contributed by atoms with van der Waals surface area (Å²) in [6, 6.07) is 10.1. The molecular weight excluding hydrogens is 302 g/mol. The van der Waals surface area contributed by atoms with Crippen LogP contribution in [-0.2, 0) is 6.61 Å². The van der Waals surface area contributed by atoms with Gasteiger partial charge in [0.1, 0.15) is 12.4 Å². The van der Waals surface area contributed by atoms with Crippen LogP contribution >= 0.6 is 15.9 Å². The molecule has 0 atom stereocenters. The molecule has 0 aliphatic heterocycles. The lowest BCUT2D eigenvalue weighted by Crippen LogP contribution is -2.02. The van der Waals surface area contributed by atoms with Gasteiger partial charge in [-0.05, 0) is 44.0 Å². The number of nitrogen functional groups attached to an aromatic ring is 1. The Morgan fingerprint density at radius 3 is 2.26 bits per heavy atom. The molecule has 0 spiro atoms. The summed E-state index contributed by atoms with van der Waals surface area (Å²) in [6.07, 6.45) is 0. The molecule has 100 valence electrons. The fraction of sp³-hybridized carbons (Fsp3) is 0.250. The minimum atomic E-state index is 0.490. The molecule has 2 nitrogen and oxygen atoms in total. The fourth-order valence-electron chi connectivity index (χ4n) is 2.24. The van der Waals surface area contributed by atoms with Gasteiger partial charge in [0.15, 0.2) is 0 Å². The first-order valence-corrected chi connectivity index (χ1v) is 7.01. The van der Waals surface area contributed by atoms with Crippen LogP contribution in [0.15, 0.2) is 34.8 Å².